The SMILES string of the molecule is Cc1noc(-c2nc(C)sc2C)n1. The molecule has 13 heavy (non-hydrogen) atoms. The molecule has 0 spiro atoms. The smallest absolute Gasteiger partial charge is 0.277 e. The number of hydrogen-bond donors (Lipinski definition) is 0. The monoisotopic (exact) mass is 195 g/mol. The third-order valence-electron chi connectivity index (χ3n) is 1.63. The van der Waals surface area contributed by atoms with Gasteiger partial charge in [0.1, 0.15) is 5.69 Å². The van der Waals surface area contributed by atoms with Crippen molar-refractivity contribution in [2.24, 2.45) is 0 Å². The van der Waals surface area contributed by atoms with Gasteiger partial charge < -0.3 is 4.52 Å². The summed E-state index contributed by atoms with van der Waals surface area (Å²) >= 11 is 1.63. The normalized spacial score (nSPS) is 10.7. The molecule has 0 aliphatic rings. The number of rotatable bonds is 1. The van der Waals surface area contributed by atoms with E-state index in [0.717, 1.165) is 15.6 Å². The fraction of sp³-hybridized carbons (Fsp3) is 0.375. The molecule has 0 aliphatic carbocycles. The predicted molar refractivity (Wildman–Crippen MR) is 49.6 cm³/mol. The van der Waals surface area contributed by atoms with E-state index in [4.69, 9.17) is 4.52 Å². The third-order valence-corrected chi connectivity index (χ3v) is 2.52. The van der Waals surface area contributed by atoms with Crippen molar-refractivity contribution in [3.05, 3.63) is 15.7 Å². The van der Waals surface area contributed by atoms with Crippen LogP contribution in [0.15, 0.2) is 4.52 Å². The topological polar surface area (TPSA) is 51.8 Å². The highest BCUT2D eigenvalue weighted by molar-refractivity contribution is 7.11. The van der Waals surface area contributed by atoms with Crippen LogP contribution in [0.25, 0.3) is 11.6 Å². The van der Waals surface area contributed by atoms with Crippen LogP contribution in [0.4, 0.5) is 0 Å². The number of aromatic nitrogens is 3. The Kier molecular flexibility index (Phi) is 1.88. The molecule has 0 saturated heterocycles. The van der Waals surface area contributed by atoms with Gasteiger partial charge in [-0.1, -0.05) is 5.16 Å². The van der Waals surface area contributed by atoms with Gasteiger partial charge in [0.15, 0.2) is 5.82 Å². The molecule has 4 nitrogen and oxygen atoms in total. The van der Waals surface area contributed by atoms with Crippen molar-refractivity contribution in [3.63, 3.8) is 0 Å². The molecule has 0 aliphatic heterocycles. The highest BCUT2D eigenvalue weighted by Crippen LogP contribution is 2.25. The molecule has 0 aromatic carbocycles. The van der Waals surface area contributed by atoms with Crippen LogP contribution in [0.1, 0.15) is 15.7 Å². The maximum absolute atomic E-state index is 5.03. The van der Waals surface area contributed by atoms with Crippen LogP contribution in [-0.2, 0) is 0 Å². The fourth-order valence-electron chi connectivity index (χ4n) is 1.12. The third kappa shape index (κ3) is 1.47. The van der Waals surface area contributed by atoms with E-state index < -0.39 is 0 Å². The summed E-state index contributed by atoms with van der Waals surface area (Å²) in [5.41, 5.74) is 0.808. The lowest BCUT2D eigenvalue weighted by atomic mass is 10.4. The molecule has 68 valence electrons. The Hall–Kier alpha value is -1.23. The van der Waals surface area contributed by atoms with Crippen molar-refractivity contribution in [1.82, 2.24) is 15.1 Å². The molecular weight excluding hydrogens is 186 g/mol. The first-order chi connectivity index (χ1) is 6.16. The van der Waals surface area contributed by atoms with E-state index in [-0.39, 0.29) is 0 Å². The predicted octanol–water partition coefficient (Wildman–Crippen LogP) is 2.12. The Morgan fingerprint density at radius 2 is 1.92 bits per heavy atom. The second-order valence-electron chi connectivity index (χ2n) is 2.78. The molecule has 5 heteroatoms. The molecule has 0 radical (unpaired) electrons. The summed E-state index contributed by atoms with van der Waals surface area (Å²) in [6, 6.07) is 0. The minimum absolute atomic E-state index is 0.513. The molecule has 2 rings (SSSR count). The van der Waals surface area contributed by atoms with Crippen LogP contribution in [-0.4, -0.2) is 15.1 Å². The lowest BCUT2D eigenvalue weighted by Crippen LogP contribution is -1.80. The van der Waals surface area contributed by atoms with Crippen LogP contribution < -0.4 is 0 Å². The van der Waals surface area contributed by atoms with Crippen molar-refractivity contribution in [3.8, 4) is 11.6 Å². The Bertz CT molecular complexity index is 432. The highest BCUT2D eigenvalue weighted by atomic mass is 32.1. The van der Waals surface area contributed by atoms with Gasteiger partial charge in [-0.05, 0) is 20.8 Å². The first kappa shape index (κ1) is 8.37. The molecule has 0 atom stereocenters. The van der Waals surface area contributed by atoms with Crippen molar-refractivity contribution < 1.29 is 4.52 Å². The molecule has 0 fully saturated rings. The summed E-state index contributed by atoms with van der Waals surface area (Å²) in [4.78, 5) is 9.55. The van der Waals surface area contributed by atoms with Gasteiger partial charge in [-0.3, -0.25) is 0 Å². The van der Waals surface area contributed by atoms with E-state index in [9.17, 15) is 0 Å². The molecule has 0 N–H and O–H groups in total. The van der Waals surface area contributed by atoms with Gasteiger partial charge >= 0.3 is 0 Å². The zero-order valence-electron chi connectivity index (χ0n) is 7.66. The molecule has 2 aromatic rings. The standard InChI is InChI=1S/C8H9N3OS/c1-4-7(10-6(3)13-4)8-9-5(2)11-12-8/h1-3H3. The van der Waals surface area contributed by atoms with Gasteiger partial charge in [-0.2, -0.15) is 4.98 Å². The largest absolute Gasteiger partial charge is 0.332 e. The first-order valence-electron chi connectivity index (χ1n) is 3.91. The van der Waals surface area contributed by atoms with Crippen LogP contribution in [0.5, 0.6) is 0 Å². The van der Waals surface area contributed by atoms with Crippen LogP contribution >= 0.6 is 11.3 Å². The van der Waals surface area contributed by atoms with E-state index in [1.165, 1.54) is 0 Å². The van der Waals surface area contributed by atoms with Gasteiger partial charge in [0.05, 0.1) is 5.01 Å². The number of thiazole rings is 1. The quantitative estimate of drug-likeness (QED) is 0.699. The average Bonchev–Trinajstić information content (AvgIpc) is 2.58. The molecule has 0 amide bonds. The van der Waals surface area contributed by atoms with E-state index in [2.05, 4.69) is 15.1 Å². The highest BCUT2D eigenvalue weighted by Gasteiger charge is 2.13. The van der Waals surface area contributed by atoms with Gasteiger partial charge in [0.2, 0.25) is 0 Å². The minimum atomic E-state index is 0.513. The first-order valence-corrected chi connectivity index (χ1v) is 4.73. The maximum atomic E-state index is 5.03. The van der Waals surface area contributed by atoms with E-state index in [1.807, 2.05) is 13.8 Å². The number of aryl methyl sites for hydroxylation is 3. The van der Waals surface area contributed by atoms with E-state index in [1.54, 1.807) is 18.3 Å². The Morgan fingerprint density at radius 1 is 1.15 bits per heavy atom. The van der Waals surface area contributed by atoms with Gasteiger partial charge in [-0.15, -0.1) is 11.3 Å². The van der Waals surface area contributed by atoms with Crippen LogP contribution in [0.3, 0.4) is 0 Å². The summed E-state index contributed by atoms with van der Waals surface area (Å²) in [6.07, 6.45) is 0. The molecule has 0 unspecified atom stereocenters. The number of hydrogen-bond acceptors (Lipinski definition) is 5. The van der Waals surface area contributed by atoms with Crippen molar-refractivity contribution in [2.75, 3.05) is 0 Å². The van der Waals surface area contributed by atoms with Gasteiger partial charge in [0, 0.05) is 4.88 Å². The van der Waals surface area contributed by atoms with Crippen LogP contribution in [0, 0.1) is 20.8 Å². The molecule has 0 saturated carbocycles. The van der Waals surface area contributed by atoms with Crippen molar-refractivity contribution >= 4 is 11.3 Å². The Labute approximate surface area is 79.6 Å². The summed E-state index contributed by atoms with van der Waals surface area (Å²) in [5.74, 6) is 1.15. The molecule has 2 heterocycles. The lowest BCUT2D eigenvalue weighted by Gasteiger charge is -1.86. The van der Waals surface area contributed by atoms with E-state index >= 15 is 0 Å². The summed E-state index contributed by atoms with van der Waals surface area (Å²) in [5, 5.41) is 4.74. The van der Waals surface area contributed by atoms with Crippen LogP contribution in [0.2, 0.25) is 0 Å². The average molecular weight is 195 g/mol. The Balaban J connectivity index is 2.51. The zero-order valence-corrected chi connectivity index (χ0v) is 8.47. The van der Waals surface area contributed by atoms with Gasteiger partial charge in [-0.25, -0.2) is 4.98 Å². The molecular formula is C8H9N3OS. The minimum Gasteiger partial charge on any atom is -0.332 e. The second kappa shape index (κ2) is 2.92. The zero-order chi connectivity index (χ0) is 9.42. The number of nitrogens with zero attached hydrogens (tertiary/aromatic N) is 3. The fourth-order valence-corrected chi connectivity index (χ4v) is 1.93. The molecule has 0 bridgehead atoms. The van der Waals surface area contributed by atoms with Crippen molar-refractivity contribution in [2.45, 2.75) is 20.8 Å². The van der Waals surface area contributed by atoms with E-state index in [0.29, 0.717) is 11.7 Å². The summed E-state index contributed by atoms with van der Waals surface area (Å²) in [6.45, 7) is 5.76. The molecule has 2 aromatic heterocycles. The maximum Gasteiger partial charge on any atom is 0.277 e. The Morgan fingerprint density at radius 3 is 2.38 bits per heavy atom. The lowest BCUT2D eigenvalue weighted by molar-refractivity contribution is 0.424. The summed E-state index contributed by atoms with van der Waals surface area (Å²) < 4.78 is 5.03. The van der Waals surface area contributed by atoms with Gasteiger partial charge in [0.25, 0.3) is 5.89 Å². The van der Waals surface area contributed by atoms with Crippen molar-refractivity contribution in [1.29, 1.82) is 0 Å². The summed E-state index contributed by atoms with van der Waals surface area (Å²) in [7, 11) is 0. The second-order valence-corrected chi connectivity index (χ2v) is 4.19.